The van der Waals surface area contributed by atoms with Crippen LogP contribution < -0.4 is 5.56 Å². The van der Waals surface area contributed by atoms with Crippen molar-refractivity contribution in [1.82, 2.24) is 14.9 Å². The fourth-order valence-electron chi connectivity index (χ4n) is 1.92. The van der Waals surface area contributed by atoms with Gasteiger partial charge in [0.2, 0.25) is 0 Å². The maximum atomic E-state index is 12.2. The number of hydrogen-bond donors (Lipinski definition) is 1. The molecule has 1 aliphatic rings. The number of hydrogen-bond acceptors (Lipinski definition) is 6. The molecule has 0 aliphatic carbocycles. The van der Waals surface area contributed by atoms with Gasteiger partial charge in [0.25, 0.3) is 11.5 Å². The number of carbonyl (C=O) groups excluding carboxylic acids is 2. The topological polar surface area (TPSA) is 102 Å². The number of morpholine rings is 1. The molecule has 8 nitrogen and oxygen atoms in total. The lowest BCUT2D eigenvalue weighted by Gasteiger charge is -2.32. The highest BCUT2D eigenvalue weighted by atomic mass is 16.5. The Hall–Kier alpha value is -2.22. The van der Waals surface area contributed by atoms with Gasteiger partial charge >= 0.3 is 5.97 Å². The number of ether oxygens (including phenoxy) is 2. The molecular weight excluding hydrogens is 266 g/mol. The summed E-state index contributed by atoms with van der Waals surface area (Å²) >= 11 is 0. The highest BCUT2D eigenvalue weighted by Crippen LogP contribution is 2.11. The molecular formula is C12H15N3O5. The number of carbonyl (C=O) groups is 2. The van der Waals surface area contributed by atoms with Crippen LogP contribution in [-0.2, 0) is 14.3 Å². The molecule has 2 rings (SSSR count). The van der Waals surface area contributed by atoms with Gasteiger partial charge in [0.15, 0.2) is 0 Å². The first-order chi connectivity index (χ1) is 9.60. The summed E-state index contributed by atoms with van der Waals surface area (Å²) in [6.07, 6.45) is 2.04. The number of rotatable bonds is 3. The lowest BCUT2D eigenvalue weighted by atomic mass is 10.2. The number of H-pyrrole nitrogens is 1. The second-order valence-electron chi connectivity index (χ2n) is 4.32. The van der Waals surface area contributed by atoms with Gasteiger partial charge in [-0.25, -0.2) is 4.98 Å². The zero-order valence-electron chi connectivity index (χ0n) is 11.0. The van der Waals surface area contributed by atoms with Crippen molar-refractivity contribution < 1.29 is 19.1 Å². The van der Waals surface area contributed by atoms with Crippen molar-refractivity contribution >= 4 is 11.9 Å². The van der Waals surface area contributed by atoms with Crippen LogP contribution in [0.5, 0.6) is 0 Å². The van der Waals surface area contributed by atoms with E-state index in [1.807, 2.05) is 0 Å². The van der Waals surface area contributed by atoms with Crippen LogP contribution in [0.25, 0.3) is 0 Å². The Kier molecular flexibility index (Phi) is 4.46. The molecule has 108 valence electrons. The molecule has 1 aromatic rings. The smallest absolute Gasteiger partial charge is 0.308 e. The van der Waals surface area contributed by atoms with Gasteiger partial charge in [-0.1, -0.05) is 0 Å². The van der Waals surface area contributed by atoms with Gasteiger partial charge in [-0.3, -0.25) is 14.4 Å². The average Bonchev–Trinajstić information content (AvgIpc) is 2.47. The summed E-state index contributed by atoms with van der Waals surface area (Å²) in [6, 6.07) is 0. The Bertz CT molecular complexity index is 536. The minimum atomic E-state index is -0.386. The first kappa shape index (κ1) is 14.2. The van der Waals surface area contributed by atoms with Crippen LogP contribution in [0, 0.1) is 0 Å². The van der Waals surface area contributed by atoms with Crippen molar-refractivity contribution in [3.8, 4) is 0 Å². The molecule has 2 heterocycles. The number of aromatic amines is 1. The molecule has 0 aromatic carbocycles. The predicted octanol–water partition coefficient (Wildman–Crippen LogP) is -0.826. The van der Waals surface area contributed by atoms with Crippen molar-refractivity contribution in [1.29, 1.82) is 0 Å². The fraction of sp³-hybridized carbons (Fsp3) is 0.500. The third-order valence-electron chi connectivity index (χ3n) is 2.94. The number of amides is 1. The second-order valence-corrected chi connectivity index (χ2v) is 4.32. The van der Waals surface area contributed by atoms with Crippen molar-refractivity contribution in [2.75, 3.05) is 26.8 Å². The van der Waals surface area contributed by atoms with Gasteiger partial charge in [0, 0.05) is 19.3 Å². The van der Waals surface area contributed by atoms with Crippen LogP contribution in [0.1, 0.15) is 16.9 Å². The first-order valence-corrected chi connectivity index (χ1v) is 6.12. The van der Waals surface area contributed by atoms with Crippen molar-refractivity contribution in [2.45, 2.75) is 12.5 Å². The summed E-state index contributed by atoms with van der Waals surface area (Å²) in [5.74, 6) is -0.689. The van der Waals surface area contributed by atoms with Crippen LogP contribution in [0.2, 0.25) is 0 Å². The molecule has 0 bridgehead atoms. The van der Waals surface area contributed by atoms with Gasteiger partial charge < -0.3 is 19.4 Å². The summed E-state index contributed by atoms with van der Waals surface area (Å²) in [5.41, 5.74) is -0.213. The van der Waals surface area contributed by atoms with E-state index in [2.05, 4.69) is 14.7 Å². The quantitative estimate of drug-likeness (QED) is 0.726. The Morgan fingerprint density at radius 3 is 3.05 bits per heavy atom. The van der Waals surface area contributed by atoms with Crippen molar-refractivity contribution in [2.24, 2.45) is 0 Å². The molecule has 1 saturated heterocycles. The molecule has 1 aliphatic heterocycles. The molecule has 20 heavy (non-hydrogen) atoms. The summed E-state index contributed by atoms with van der Waals surface area (Å²) in [6.45, 7) is 1.04. The molecule has 1 unspecified atom stereocenters. The Morgan fingerprint density at radius 2 is 2.40 bits per heavy atom. The van der Waals surface area contributed by atoms with Gasteiger partial charge in [-0.2, -0.15) is 0 Å². The molecule has 1 atom stereocenters. The normalized spacial score (nSPS) is 18.6. The third-order valence-corrected chi connectivity index (χ3v) is 2.94. The van der Waals surface area contributed by atoms with E-state index < -0.39 is 0 Å². The molecule has 8 heteroatoms. The zero-order valence-corrected chi connectivity index (χ0v) is 11.0. The molecule has 1 fully saturated rings. The lowest BCUT2D eigenvalue weighted by Crippen LogP contribution is -2.46. The summed E-state index contributed by atoms with van der Waals surface area (Å²) < 4.78 is 9.98. The predicted molar refractivity (Wildman–Crippen MR) is 67.1 cm³/mol. The third kappa shape index (κ3) is 3.41. The maximum absolute atomic E-state index is 12.2. The van der Waals surface area contributed by atoms with Gasteiger partial charge in [-0.15, -0.1) is 0 Å². The summed E-state index contributed by atoms with van der Waals surface area (Å²) in [4.78, 5) is 42.0. The Labute approximate surface area is 114 Å². The average molecular weight is 281 g/mol. The van der Waals surface area contributed by atoms with Crippen molar-refractivity contribution in [3.63, 3.8) is 0 Å². The fourth-order valence-corrected chi connectivity index (χ4v) is 1.92. The van der Waals surface area contributed by atoms with E-state index in [0.29, 0.717) is 13.2 Å². The Morgan fingerprint density at radius 1 is 1.60 bits per heavy atom. The minimum Gasteiger partial charge on any atom is -0.469 e. The molecule has 0 saturated carbocycles. The zero-order chi connectivity index (χ0) is 14.5. The van der Waals surface area contributed by atoms with Gasteiger partial charge in [-0.05, 0) is 0 Å². The number of methoxy groups -OCH3 is 1. The highest BCUT2D eigenvalue weighted by molar-refractivity contribution is 5.92. The monoisotopic (exact) mass is 281 g/mol. The largest absolute Gasteiger partial charge is 0.469 e. The van der Waals surface area contributed by atoms with E-state index in [0.717, 1.165) is 6.20 Å². The summed E-state index contributed by atoms with van der Waals surface area (Å²) in [5, 5.41) is 0. The van der Waals surface area contributed by atoms with Crippen molar-refractivity contribution in [3.05, 3.63) is 28.4 Å². The van der Waals surface area contributed by atoms with Crippen LogP contribution in [0.15, 0.2) is 17.2 Å². The second kappa shape index (κ2) is 6.29. The lowest BCUT2D eigenvalue weighted by molar-refractivity contribution is -0.145. The maximum Gasteiger partial charge on any atom is 0.308 e. The van der Waals surface area contributed by atoms with E-state index in [1.165, 1.54) is 18.2 Å². The number of esters is 1. The van der Waals surface area contributed by atoms with E-state index in [1.54, 1.807) is 0 Å². The Balaban J connectivity index is 2.01. The SMILES string of the molecule is COC(=O)CC1CN(C(=O)c2c[nH]c(=O)cn2)CCO1. The van der Waals surface area contributed by atoms with Gasteiger partial charge in [0.05, 0.1) is 32.4 Å². The highest BCUT2D eigenvalue weighted by Gasteiger charge is 2.27. The number of nitrogens with zero attached hydrogens (tertiary/aromatic N) is 2. The van der Waals surface area contributed by atoms with E-state index in [4.69, 9.17) is 4.74 Å². The minimum absolute atomic E-state index is 0.0966. The first-order valence-electron chi connectivity index (χ1n) is 6.12. The van der Waals surface area contributed by atoms with E-state index in [9.17, 15) is 14.4 Å². The number of aromatic nitrogens is 2. The molecule has 0 radical (unpaired) electrons. The van der Waals surface area contributed by atoms with Crippen LogP contribution in [0.3, 0.4) is 0 Å². The van der Waals surface area contributed by atoms with E-state index >= 15 is 0 Å². The van der Waals surface area contributed by atoms with Crippen LogP contribution in [-0.4, -0.2) is 59.7 Å². The molecule has 1 N–H and O–H groups in total. The standard InChI is InChI=1S/C12H15N3O5/c1-19-11(17)4-8-7-15(2-3-20-8)12(18)9-5-14-10(16)6-13-9/h5-6,8H,2-4,7H2,1H3,(H,14,16). The molecule has 0 spiro atoms. The summed E-state index contributed by atoms with van der Waals surface area (Å²) in [7, 11) is 1.30. The van der Waals surface area contributed by atoms with Crippen LogP contribution in [0.4, 0.5) is 0 Å². The molecule has 1 aromatic heterocycles. The number of nitrogens with one attached hydrogen (secondary N) is 1. The van der Waals surface area contributed by atoms with Gasteiger partial charge in [0.1, 0.15) is 5.69 Å². The van der Waals surface area contributed by atoms with Crippen LogP contribution >= 0.6 is 0 Å². The molecule has 1 amide bonds. The van der Waals surface area contributed by atoms with E-state index in [-0.39, 0.29) is 42.2 Å².